The second kappa shape index (κ2) is 8.54. The number of amides is 1. The number of nitrogens with one attached hydrogen (secondary N) is 2. The van der Waals surface area contributed by atoms with Gasteiger partial charge in [0.05, 0.1) is 30.1 Å². The van der Waals surface area contributed by atoms with E-state index < -0.39 is 23.3 Å². The molecule has 8 nitrogen and oxygen atoms in total. The zero-order valence-corrected chi connectivity index (χ0v) is 17.9. The van der Waals surface area contributed by atoms with Gasteiger partial charge in [-0.25, -0.2) is 9.59 Å². The van der Waals surface area contributed by atoms with Gasteiger partial charge in [-0.2, -0.15) is 0 Å². The molecule has 33 heavy (non-hydrogen) atoms. The van der Waals surface area contributed by atoms with Gasteiger partial charge in [-0.1, -0.05) is 42.5 Å². The molecule has 2 heterocycles. The normalized spacial score (nSPS) is 18.8. The van der Waals surface area contributed by atoms with Gasteiger partial charge >= 0.3 is 11.7 Å². The standard InChI is InChI=1S/C25H23N3O5/c29-22(12-21-18-9-3-4-10-19(18)24(31)33-21)28(14-16-13-26-25(32)27-23(16)30)20-11-5-7-15-6-1-2-8-17(15)20/h1-4,6,8-10,13,20-21H,5,7,11-12,14H2,(H2,26,27,30,32). The second-order valence-electron chi connectivity index (χ2n) is 8.41. The maximum Gasteiger partial charge on any atom is 0.339 e. The zero-order chi connectivity index (χ0) is 22.9. The molecule has 1 aromatic heterocycles. The molecule has 2 aromatic carbocycles. The van der Waals surface area contributed by atoms with E-state index in [0.717, 1.165) is 24.8 Å². The molecule has 2 unspecified atom stereocenters. The average Bonchev–Trinajstić information content (AvgIpc) is 3.13. The summed E-state index contributed by atoms with van der Waals surface area (Å²) in [7, 11) is 0. The van der Waals surface area contributed by atoms with Gasteiger partial charge in [0.15, 0.2) is 0 Å². The third-order valence-corrected chi connectivity index (χ3v) is 6.41. The van der Waals surface area contributed by atoms with E-state index in [1.54, 1.807) is 23.1 Å². The van der Waals surface area contributed by atoms with E-state index in [0.29, 0.717) is 11.1 Å². The number of H-pyrrole nitrogens is 2. The molecular weight excluding hydrogens is 422 g/mol. The Balaban J connectivity index is 1.49. The van der Waals surface area contributed by atoms with Crippen molar-refractivity contribution in [2.75, 3.05) is 0 Å². The first-order valence-electron chi connectivity index (χ1n) is 11.0. The Morgan fingerprint density at radius 3 is 2.61 bits per heavy atom. The number of benzene rings is 2. The summed E-state index contributed by atoms with van der Waals surface area (Å²) in [6.45, 7) is 0.0340. The number of cyclic esters (lactones) is 1. The number of ether oxygens (including phenoxy) is 1. The summed E-state index contributed by atoms with van der Waals surface area (Å²) in [5, 5.41) is 0. The molecule has 1 amide bonds. The fraction of sp³-hybridized carbons (Fsp3) is 0.280. The van der Waals surface area contributed by atoms with E-state index in [1.807, 2.05) is 24.3 Å². The van der Waals surface area contributed by atoms with Gasteiger partial charge in [0.1, 0.15) is 6.10 Å². The molecule has 3 aromatic rings. The summed E-state index contributed by atoms with van der Waals surface area (Å²) in [5.74, 6) is -0.660. The van der Waals surface area contributed by atoms with Gasteiger partial charge in [-0.05, 0) is 36.5 Å². The van der Waals surface area contributed by atoms with Gasteiger partial charge in [0.2, 0.25) is 5.91 Å². The summed E-state index contributed by atoms with van der Waals surface area (Å²) in [6.07, 6.45) is 3.25. The van der Waals surface area contributed by atoms with E-state index in [9.17, 15) is 19.2 Å². The minimum Gasteiger partial charge on any atom is -0.453 e. The molecule has 0 saturated carbocycles. The fourth-order valence-corrected chi connectivity index (χ4v) is 4.81. The van der Waals surface area contributed by atoms with Gasteiger partial charge in [-0.3, -0.25) is 14.6 Å². The lowest BCUT2D eigenvalue weighted by molar-refractivity contribution is -0.137. The summed E-state index contributed by atoms with van der Waals surface area (Å²) in [4.78, 5) is 56.1. The van der Waals surface area contributed by atoms with E-state index in [1.165, 1.54) is 11.8 Å². The highest BCUT2D eigenvalue weighted by atomic mass is 16.5. The number of aromatic nitrogens is 2. The van der Waals surface area contributed by atoms with Crippen molar-refractivity contribution in [3.8, 4) is 0 Å². The topological polar surface area (TPSA) is 112 Å². The molecule has 2 atom stereocenters. The maximum atomic E-state index is 13.7. The highest BCUT2D eigenvalue weighted by Gasteiger charge is 2.36. The van der Waals surface area contributed by atoms with Crippen LogP contribution in [-0.4, -0.2) is 26.7 Å². The van der Waals surface area contributed by atoms with E-state index >= 15 is 0 Å². The first-order chi connectivity index (χ1) is 16.0. The molecule has 168 valence electrons. The number of fused-ring (bicyclic) bond motifs is 2. The van der Waals surface area contributed by atoms with Crippen LogP contribution in [0.5, 0.6) is 0 Å². The van der Waals surface area contributed by atoms with Gasteiger partial charge in [-0.15, -0.1) is 0 Å². The number of hydrogen-bond donors (Lipinski definition) is 2. The Hall–Kier alpha value is -3.94. The molecule has 5 rings (SSSR count). The number of rotatable bonds is 5. The van der Waals surface area contributed by atoms with Crippen molar-refractivity contribution in [3.63, 3.8) is 0 Å². The summed E-state index contributed by atoms with van der Waals surface area (Å²) < 4.78 is 5.50. The SMILES string of the molecule is O=C1OC(CC(=O)N(Cc2c[nH]c(=O)[nH]c2=O)C2CCCc3ccccc32)c2ccccc21. The summed E-state index contributed by atoms with van der Waals surface area (Å²) in [5.41, 5.74) is 2.57. The molecule has 0 spiro atoms. The molecule has 2 aliphatic rings. The van der Waals surface area contributed by atoms with Crippen molar-refractivity contribution in [1.82, 2.24) is 14.9 Å². The molecular formula is C25H23N3O5. The largest absolute Gasteiger partial charge is 0.453 e. The van der Waals surface area contributed by atoms with E-state index in [2.05, 4.69) is 16.0 Å². The van der Waals surface area contributed by atoms with Crippen LogP contribution >= 0.6 is 0 Å². The minimum absolute atomic E-state index is 0.0251. The number of carbonyl (C=O) groups is 2. The van der Waals surface area contributed by atoms with Crippen LogP contribution in [0.1, 0.15) is 64.0 Å². The van der Waals surface area contributed by atoms with Crippen molar-refractivity contribution < 1.29 is 14.3 Å². The molecule has 1 aliphatic carbocycles. The summed E-state index contributed by atoms with van der Waals surface area (Å²) in [6, 6.07) is 14.8. The maximum absolute atomic E-state index is 13.7. The molecule has 2 N–H and O–H groups in total. The van der Waals surface area contributed by atoms with Crippen LogP contribution in [0.4, 0.5) is 0 Å². The van der Waals surface area contributed by atoms with Crippen molar-refractivity contribution in [1.29, 1.82) is 0 Å². The van der Waals surface area contributed by atoms with E-state index in [-0.39, 0.29) is 30.5 Å². The van der Waals surface area contributed by atoms with Crippen LogP contribution < -0.4 is 11.2 Å². The van der Waals surface area contributed by atoms with Crippen LogP contribution in [0.3, 0.4) is 0 Å². The van der Waals surface area contributed by atoms with Crippen LogP contribution in [0.25, 0.3) is 0 Å². The Labute approximate surface area is 189 Å². The molecule has 0 saturated heterocycles. The molecule has 0 bridgehead atoms. The first kappa shape index (κ1) is 20.9. The lowest BCUT2D eigenvalue weighted by Gasteiger charge is -2.36. The summed E-state index contributed by atoms with van der Waals surface area (Å²) >= 11 is 0. The van der Waals surface area contributed by atoms with Crippen LogP contribution in [0.15, 0.2) is 64.3 Å². The van der Waals surface area contributed by atoms with E-state index in [4.69, 9.17) is 4.74 Å². The van der Waals surface area contributed by atoms with Gasteiger partial charge in [0, 0.05) is 11.8 Å². The Kier molecular flexibility index (Phi) is 5.42. The van der Waals surface area contributed by atoms with Crippen molar-refractivity contribution >= 4 is 11.9 Å². The lowest BCUT2D eigenvalue weighted by atomic mass is 9.86. The number of aromatic amines is 2. The van der Waals surface area contributed by atoms with Crippen LogP contribution in [-0.2, 0) is 22.5 Å². The van der Waals surface area contributed by atoms with Crippen LogP contribution in [0.2, 0.25) is 0 Å². The highest BCUT2D eigenvalue weighted by Crippen LogP contribution is 2.38. The fourth-order valence-electron chi connectivity index (χ4n) is 4.81. The number of carbonyl (C=O) groups excluding carboxylic acids is 2. The third kappa shape index (κ3) is 4.00. The smallest absolute Gasteiger partial charge is 0.339 e. The zero-order valence-electron chi connectivity index (χ0n) is 17.9. The highest BCUT2D eigenvalue weighted by molar-refractivity contribution is 5.94. The van der Waals surface area contributed by atoms with Crippen molar-refractivity contribution in [2.45, 2.75) is 44.4 Å². The second-order valence-corrected chi connectivity index (χ2v) is 8.41. The number of hydrogen-bond acceptors (Lipinski definition) is 5. The van der Waals surface area contributed by atoms with Crippen LogP contribution in [0, 0.1) is 0 Å². The third-order valence-electron chi connectivity index (χ3n) is 6.41. The number of aryl methyl sites for hydroxylation is 1. The monoisotopic (exact) mass is 445 g/mol. The molecule has 1 aliphatic heterocycles. The molecule has 0 fully saturated rings. The Morgan fingerprint density at radius 2 is 1.79 bits per heavy atom. The Morgan fingerprint density at radius 1 is 1.03 bits per heavy atom. The number of esters is 1. The lowest BCUT2D eigenvalue weighted by Crippen LogP contribution is -2.39. The van der Waals surface area contributed by atoms with Gasteiger partial charge < -0.3 is 14.6 Å². The predicted molar refractivity (Wildman–Crippen MR) is 120 cm³/mol. The van der Waals surface area contributed by atoms with Gasteiger partial charge in [0.25, 0.3) is 5.56 Å². The molecule has 0 radical (unpaired) electrons. The predicted octanol–water partition coefficient (Wildman–Crippen LogP) is 2.77. The Bertz CT molecular complexity index is 1340. The van der Waals surface area contributed by atoms with Crippen molar-refractivity contribution in [3.05, 3.63) is 103 Å². The number of nitrogens with zero attached hydrogens (tertiary/aromatic N) is 1. The van der Waals surface area contributed by atoms with Crippen molar-refractivity contribution in [2.24, 2.45) is 0 Å². The molecule has 8 heteroatoms. The quantitative estimate of drug-likeness (QED) is 0.587. The first-order valence-corrected chi connectivity index (χ1v) is 11.0. The average molecular weight is 445 g/mol. The minimum atomic E-state index is -0.670.